The van der Waals surface area contributed by atoms with Gasteiger partial charge in [-0.3, -0.25) is 9.59 Å². The molecule has 0 saturated carbocycles. The number of hydrogen-bond acceptors (Lipinski definition) is 7. The van der Waals surface area contributed by atoms with Crippen LogP contribution in [0.25, 0.3) is 0 Å². The van der Waals surface area contributed by atoms with Gasteiger partial charge < -0.3 is 14.8 Å². The molecule has 0 aliphatic carbocycles. The molecular formula is C22H22N2O4S2. The van der Waals surface area contributed by atoms with E-state index < -0.39 is 0 Å². The Hall–Kier alpha value is -2.84. The quantitative estimate of drug-likeness (QED) is 0.378. The molecule has 6 nitrogen and oxygen atoms in total. The number of nitrogens with zero attached hydrogens (tertiary/aromatic N) is 1. The molecule has 1 heterocycles. The first-order valence-corrected chi connectivity index (χ1v) is 11.1. The smallest absolute Gasteiger partial charge is 0.226 e. The number of Topliss-reactive ketones (excluding diaryl/α,β-unsaturated/α-hetero) is 1. The number of methoxy groups -OCH3 is 2. The van der Waals surface area contributed by atoms with Crippen LogP contribution in [0.3, 0.4) is 0 Å². The molecule has 3 rings (SSSR count). The summed E-state index contributed by atoms with van der Waals surface area (Å²) in [5, 5.41) is 4.74. The van der Waals surface area contributed by atoms with Gasteiger partial charge >= 0.3 is 0 Å². The van der Waals surface area contributed by atoms with E-state index in [4.69, 9.17) is 9.47 Å². The molecule has 2 aromatic carbocycles. The van der Waals surface area contributed by atoms with Gasteiger partial charge in [-0.05, 0) is 30.3 Å². The van der Waals surface area contributed by atoms with Gasteiger partial charge in [0.15, 0.2) is 10.1 Å². The van der Waals surface area contributed by atoms with Gasteiger partial charge in [0.2, 0.25) is 5.91 Å². The predicted octanol–water partition coefficient (Wildman–Crippen LogP) is 3.99. The highest BCUT2D eigenvalue weighted by Crippen LogP contribution is 2.24. The minimum absolute atomic E-state index is 0.0222. The summed E-state index contributed by atoms with van der Waals surface area (Å²) < 4.78 is 11.2. The van der Waals surface area contributed by atoms with Crippen LogP contribution in [0.15, 0.2) is 58.3 Å². The number of ketones is 1. The topological polar surface area (TPSA) is 77.5 Å². The van der Waals surface area contributed by atoms with E-state index in [9.17, 15) is 9.59 Å². The Bertz CT molecular complexity index is 1000. The number of nitrogens with one attached hydrogen (secondary N) is 1. The number of benzene rings is 2. The highest BCUT2D eigenvalue weighted by atomic mass is 32.2. The summed E-state index contributed by atoms with van der Waals surface area (Å²) in [6.45, 7) is 0.394. The first-order valence-electron chi connectivity index (χ1n) is 9.22. The average Bonchev–Trinajstić information content (AvgIpc) is 3.23. The number of rotatable bonds is 10. The maximum absolute atomic E-state index is 12.3. The molecule has 0 radical (unpaired) electrons. The lowest BCUT2D eigenvalue weighted by Gasteiger charge is -2.09. The van der Waals surface area contributed by atoms with Gasteiger partial charge in [0.05, 0.1) is 32.1 Å². The van der Waals surface area contributed by atoms with Gasteiger partial charge in [0, 0.05) is 23.1 Å². The van der Waals surface area contributed by atoms with E-state index in [0.717, 1.165) is 15.7 Å². The van der Waals surface area contributed by atoms with Crippen molar-refractivity contribution in [2.75, 3.05) is 20.0 Å². The summed E-state index contributed by atoms with van der Waals surface area (Å²) in [6, 6.07) is 14.6. The number of thiazole rings is 1. The van der Waals surface area contributed by atoms with Crippen LogP contribution in [0.2, 0.25) is 0 Å². The molecule has 1 aromatic heterocycles. The molecule has 0 aliphatic rings. The van der Waals surface area contributed by atoms with Gasteiger partial charge in [0.1, 0.15) is 11.5 Å². The van der Waals surface area contributed by atoms with E-state index in [1.165, 1.54) is 23.1 Å². The molecule has 8 heteroatoms. The lowest BCUT2D eigenvalue weighted by atomic mass is 10.1. The van der Waals surface area contributed by atoms with Crippen LogP contribution in [0.5, 0.6) is 11.5 Å². The van der Waals surface area contributed by atoms with Crippen molar-refractivity contribution in [3.63, 3.8) is 0 Å². The standard InChI is InChI=1S/C22H22N2O4S2/c1-27-18-9-7-15(8-10-18)19(25)14-30-22-24-17(13-29-22)11-21(26)23-12-16-5-3-4-6-20(16)28-2/h3-10,13H,11-12,14H2,1-2H3,(H,23,26). The minimum atomic E-state index is -0.114. The molecule has 0 bridgehead atoms. The van der Waals surface area contributed by atoms with Gasteiger partial charge in [0.25, 0.3) is 0 Å². The summed E-state index contributed by atoms with van der Waals surface area (Å²) >= 11 is 2.81. The highest BCUT2D eigenvalue weighted by molar-refractivity contribution is 8.01. The second-order valence-electron chi connectivity index (χ2n) is 6.31. The third kappa shape index (κ3) is 6.08. The number of thioether (sulfide) groups is 1. The zero-order valence-corrected chi connectivity index (χ0v) is 18.3. The van der Waals surface area contributed by atoms with Gasteiger partial charge in [-0.2, -0.15) is 0 Å². The summed E-state index contributed by atoms with van der Waals surface area (Å²) in [4.78, 5) is 29.0. The third-order valence-electron chi connectivity index (χ3n) is 4.28. The molecule has 0 fully saturated rings. The molecule has 3 aromatic rings. The molecule has 1 N–H and O–H groups in total. The fourth-order valence-corrected chi connectivity index (χ4v) is 4.43. The van der Waals surface area contributed by atoms with Crippen LogP contribution in [-0.2, 0) is 17.8 Å². The molecule has 0 atom stereocenters. The molecule has 0 spiro atoms. The Balaban J connectivity index is 1.47. The summed E-state index contributed by atoms with van der Waals surface area (Å²) in [5.41, 5.74) is 2.24. The summed E-state index contributed by atoms with van der Waals surface area (Å²) in [7, 11) is 3.19. The number of carbonyl (C=O) groups is 2. The van der Waals surface area contributed by atoms with Crippen molar-refractivity contribution in [2.45, 2.75) is 17.3 Å². The molecule has 1 amide bonds. The van der Waals surface area contributed by atoms with Crippen LogP contribution >= 0.6 is 23.1 Å². The first-order chi connectivity index (χ1) is 14.6. The Morgan fingerprint density at radius 3 is 2.57 bits per heavy atom. The molecule has 156 valence electrons. The van der Waals surface area contributed by atoms with Gasteiger partial charge in [-0.1, -0.05) is 30.0 Å². The summed E-state index contributed by atoms with van der Waals surface area (Å²) in [5.74, 6) is 1.66. The predicted molar refractivity (Wildman–Crippen MR) is 119 cm³/mol. The number of hydrogen-bond donors (Lipinski definition) is 1. The second kappa shape index (κ2) is 10.8. The second-order valence-corrected chi connectivity index (χ2v) is 8.39. The number of amides is 1. The normalized spacial score (nSPS) is 10.5. The summed E-state index contributed by atoms with van der Waals surface area (Å²) in [6.07, 6.45) is 0.193. The minimum Gasteiger partial charge on any atom is -0.497 e. The van der Waals surface area contributed by atoms with Crippen molar-refractivity contribution in [1.29, 1.82) is 0 Å². The van der Waals surface area contributed by atoms with Crippen molar-refractivity contribution < 1.29 is 19.1 Å². The monoisotopic (exact) mass is 442 g/mol. The van der Waals surface area contributed by atoms with Crippen molar-refractivity contribution >= 4 is 34.8 Å². The van der Waals surface area contributed by atoms with Crippen LogP contribution < -0.4 is 14.8 Å². The lowest BCUT2D eigenvalue weighted by Crippen LogP contribution is -2.24. The number of aromatic nitrogens is 1. The van der Waals surface area contributed by atoms with E-state index in [-0.39, 0.29) is 18.1 Å². The fourth-order valence-electron chi connectivity index (χ4n) is 2.69. The molecule has 0 aliphatic heterocycles. The Labute approximate surface area is 183 Å². The van der Waals surface area contributed by atoms with Crippen LogP contribution in [0, 0.1) is 0 Å². The third-order valence-corrected chi connectivity index (χ3v) is 6.35. The van der Waals surface area contributed by atoms with Crippen molar-refractivity contribution in [3.8, 4) is 11.5 Å². The Morgan fingerprint density at radius 2 is 1.83 bits per heavy atom. The average molecular weight is 443 g/mol. The van der Waals surface area contributed by atoms with Crippen molar-refractivity contribution in [2.24, 2.45) is 0 Å². The van der Waals surface area contributed by atoms with Crippen molar-refractivity contribution in [1.82, 2.24) is 10.3 Å². The SMILES string of the molecule is COc1ccc(C(=O)CSc2nc(CC(=O)NCc3ccccc3OC)cs2)cc1. The Morgan fingerprint density at radius 1 is 1.07 bits per heavy atom. The van der Waals surface area contributed by atoms with E-state index >= 15 is 0 Å². The van der Waals surface area contributed by atoms with E-state index in [0.29, 0.717) is 29.3 Å². The van der Waals surface area contributed by atoms with E-state index in [1.54, 1.807) is 38.5 Å². The lowest BCUT2D eigenvalue weighted by molar-refractivity contribution is -0.120. The molecular weight excluding hydrogens is 420 g/mol. The van der Waals surface area contributed by atoms with Crippen molar-refractivity contribution in [3.05, 3.63) is 70.7 Å². The number of ether oxygens (including phenoxy) is 2. The maximum atomic E-state index is 12.3. The fraction of sp³-hybridized carbons (Fsp3) is 0.227. The number of para-hydroxylation sites is 1. The largest absolute Gasteiger partial charge is 0.497 e. The molecule has 30 heavy (non-hydrogen) atoms. The molecule has 0 saturated heterocycles. The maximum Gasteiger partial charge on any atom is 0.226 e. The van der Waals surface area contributed by atoms with Gasteiger partial charge in [-0.25, -0.2) is 4.98 Å². The first kappa shape index (κ1) is 21.9. The zero-order chi connectivity index (χ0) is 21.3. The van der Waals surface area contributed by atoms with E-state index in [2.05, 4.69) is 10.3 Å². The van der Waals surface area contributed by atoms with Crippen LogP contribution in [0.4, 0.5) is 0 Å². The van der Waals surface area contributed by atoms with Crippen LogP contribution in [0.1, 0.15) is 21.6 Å². The highest BCUT2D eigenvalue weighted by Gasteiger charge is 2.12. The molecule has 0 unspecified atom stereocenters. The van der Waals surface area contributed by atoms with Gasteiger partial charge in [-0.15, -0.1) is 11.3 Å². The van der Waals surface area contributed by atoms with E-state index in [1.807, 2.05) is 29.6 Å². The van der Waals surface area contributed by atoms with Crippen LogP contribution in [-0.4, -0.2) is 36.6 Å². The number of carbonyl (C=O) groups excluding carboxylic acids is 2. The zero-order valence-electron chi connectivity index (χ0n) is 16.7. The Kier molecular flexibility index (Phi) is 7.87.